The highest BCUT2D eigenvalue weighted by atomic mass is 35.5. The number of hydrogen-bond acceptors (Lipinski definition) is 5. The number of nitrogens with zero attached hydrogens (tertiary/aromatic N) is 2. The molecule has 1 heterocycles. The van der Waals surface area contributed by atoms with Crippen LogP contribution >= 0.6 is 11.6 Å². The van der Waals surface area contributed by atoms with Crippen molar-refractivity contribution in [3.63, 3.8) is 0 Å². The minimum Gasteiger partial charge on any atom is -0.497 e. The van der Waals surface area contributed by atoms with Crippen LogP contribution in [0.4, 0.5) is 5.69 Å². The Balaban J connectivity index is 1.44. The van der Waals surface area contributed by atoms with Gasteiger partial charge in [0.05, 0.1) is 13.7 Å². The van der Waals surface area contributed by atoms with Gasteiger partial charge in [-0.2, -0.15) is 0 Å². The summed E-state index contributed by atoms with van der Waals surface area (Å²) in [5, 5.41) is 0.725. The Morgan fingerprint density at radius 3 is 2.31 bits per heavy atom. The molecule has 0 aromatic heterocycles. The van der Waals surface area contributed by atoms with E-state index in [0.717, 1.165) is 46.6 Å². The van der Waals surface area contributed by atoms with Crippen LogP contribution in [0.25, 0.3) is 0 Å². The van der Waals surface area contributed by atoms with Gasteiger partial charge in [0.2, 0.25) is 0 Å². The van der Waals surface area contributed by atoms with Crippen molar-refractivity contribution >= 4 is 23.2 Å². The maximum Gasteiger partial charge on any atom is 0.253 e. The lowest BCUT2D eigenvalue weighted by atomic mass is 10.1. The van der Waals surface area contributed by atoms with Crippen LogP contribution in [-0.2, 0) is 6.61 Å². The van der Waals surface area contributed by atoms with Gasteiger partial charge in [-0.05, 0) is 74.0 Å². The summed E-state index contributed by atoms with van der Waals surface area (Å²) in [6, 6.07) is 18.9. The molecule has 7 heteroatoms. The second-order valence-electron chi connectivity index (χ2n) is 8.43. The van der Waals surface area contributed by atoms with E-state index in [4.69, 9.17) is 25.8 Å². The Bertz CT molecular complexity index is 1160. The zero-order valence-electron chi connectivity index (χ0n) is 20.4. The summed E-state index contributed by atoms with van der Waals surface area (Å²) in [4.78, 5) is 17.5. The van der Waals surface area contributed by atoms with E-state index < -0.39 is 0 Å². The predicted octanol–water partition coefficient (Wildman–Crippen LogP) is 5.60. The van der Waals surface area contributed by atoms with Crippen LogP contribution in [0.3, 0.4) is 0 Å². The molecule has 0 radical (unpaired) electrons. The topological polar surface area (TPSA) is 51.2 Å². The highest BCUT2D eigenvalue weighted by Crippen LogP contribution is 2.27. The van der Waals surface area contributed by atoms with Crippen LogP contribution in [0.15, 0.2) is 60.7 Å². The third-order valence-electron chi connectivity index (χ3n) is 6.14. The fourth-order valence-corrected chi connectivity index (χ4v) is 4.38. The normalized spacial score (nSPS) is 13.5. The van der Waals surface area contributed by atoms with Crippen molar-refractivity contribution in [2.24, 2.45) is 0 Å². The second-order valence-corrected chi connectivity index (χ2v) is 8.87. The first-order valence-electron chi connectivity index (χ1n) is 11.8. The SMILES string of the molecule is CCOc1ccc(C(=O)N2CCN(c3cc(Cl)ccc3C)CC2)cc1COc1ccc(OC)cc1. The third-order valence-corrected chi connectivity index (χ3v) is 6.37. The molecule has 35 heavy (non-hydrogen) atoms. The summed E-state index contributed by atoms with van der Waals surface area (Å²) in [6.07, 6.45) is 0. The van der Waals surface area contributed by atoms with Crippen LogP contribution < -0.4 is 19.1 Å². The van der Waals surface area contributed by atoms with E-state index in [1.54, 1.807) is 7.11 Å². The van der Waals surface area contributed by atoms with Crippen LogP contribution in [0.1, 0.15) is 28.4 Å². The molecule has 0 saturated carbocycles. The number of anilines is 1. The molecule has 4 rings (SSSR count). The molecule has 1 aliphatic rings. The predicted molar refractivity (Wildman–Crippen MR) is 139 cm³/mol. The van der Waals surface area contributed by atoms with Gasteiger partial charge in [-0.1, -0.05) is 17.7 Å². The minimum atomic E-state index is 0.0150. The minimum absolute atomic E-state index is 0.0150. The van der Waals surface area contributed by atoms with Gasteiger partial charge in [0, 0.05) is 48.0 Å². The standard InChI is InChI=1S/C28H31ClN2O4/c1-4-34-27-12-6-21(17-22(27)19-35-25-10-8-24(33-3)9-11-25)28(32)31-15-13-30(14-16-31)26-18-23(29)7-5-20(26)2/h5-12,17-18H,4,13-16,19H2,1-3H3. The zero-order valence-corrected chi connectivity index (χ0v) is 21.2. The third kappa shape index (κ3) is 6.01. The molecule has 0 spiro atoms. The van der Waals surface area contributed by atoms with Gasteiger partial charge in [-0.15, -0.1) is 0 Å². The van der Waals surface area contributed by atoms with E-state index in [0.29, 0.717) is 31.9 Å². The van der Waals surface area contributed by atoms with Crippen LogP contribution in [-0.4, -0.2) is 50.7 Å². The van der Waals surface area contributed by atoms with E-state index in [1.165, 1.54) is 5.56 Å². The number of amides is 1. The molecule has 0 bridgehead atoms. The molecule has 3 aromatic carbocycles. The first-order chi connectivity index (χ1) is 17.0. The molecule has 0 atom stereocenters. The van der Waals surface area contributed by atoms with Crippen molar-refractivity contribution in [3.8, 4) is 17.2 Å². The quantitative estimate of drug-likeness (QED) is 0.408. The number of halogens is 1. The average Bonchev–Trinajstić information content (AvgIpc) is 2.89. The maximum atomic E-state index is 13.3. The van der Waals surface area contributed by atoms with Crippen molar-refractivity contribution in [2.45, 2.75) is 20.5 Å². The number of rotatable bonds is 8. The number of ether oxygens (including phenoxy) is 3. The van der Waals surface area contributed by atoms with E-state index in [-0.39, 0.29) is 5.91 Å². The average molecular weight is 495 g/mol. The summed E-state index contributed by atoms with van der Waals surface area (Å²) in [5.41, 5.74) is 3.78. The van der Waals surface area contributed by atoms with Gasteiger partial charge in [0.1, 0.15) is 23.9 Å². The summed E-state index contributed by atoms with van der Waals surface area (Å²) in [5.74, 6) is 2.23. The van der Waals surface area contributed by atoms with Gasteiger partial charge in [0.25, 0.3) is 5.91 Å². The monoisotopic (exact) mass is 494 g/mol. The van der Waals surface area contributed by atoms with Crippen molar-refractivity contribution in [2.75, 3.05) is 44.8 Å². The smallest absolute Gasteiger partial charge is 0.253 e. The second kappa shape index (κ2) is 11.4. The molecule has 1 amide bonds. The van der Waals surface area contributed by atoms with Crippen molar-refractivity contribution in [1.29, 1.82) is 0 Å². The van der Waals surface area contributed by atoms with Gasteiger partial charge in [0.15, 0.2) is 0 Å². The molecule has 0 unspecified atom stereocenters. The highest BCUT2D eigenvalue weighted by molar-refractivity contribution is 6.30. The maximum absolute atomic E-state index is 13.3. The van der Waals surface area contributed by atoms with Crippen LogP contribution in [0, 0.1) is 6.92 Å². The van der Waals surface area contributed by atoms with Gasteiger partial charge >= 0.3 is 0 Å². The fourth-order valence-electron chi connectivity index (χ4n) is 4.21. The molecule has 6 nitrogen and oxygen atoms in total. The van der Waals surface area contributed by atoms with Crippen molar-refractivity contribution in [1.82, 2.24) is 4.90 Å². The molecule has 3 aromatic rings. The zero-order chi connectivity index (χ0) is 24.8. The molecule has 1 fully saturated rings. The highest BCUT2D eigenvalue weighted by Gasteiger charge is 2.24. The fraction of sp³-hybridized carbons (Fsp3) is 0.321. The number of benzene rings is 3. The number of hydrogen-bond donors (Lipinski definition) is 0. The molecular weight excluding hydrogens is 464 g/mol. The summed E-state index contributed by atoms with van der Waals surface area (Å²) < 4.78 is 16.9. The Kier molecular flexibility index (Phi) is 8.03. The summed E-state index contributed by atoms with van der Waals surface area (Å²) >= 11 is 6.21. The number of methoxy groups -OCH3 is 1. The Morgan fingerprint density at radius 2 is 1.63 bits per heavy atom. The summed E-state index contributed by atoms with van der Waals surface area (Å²) in [6.45, 7) is 7.67. The summed E-state index contributed by atoms with van der Waals surface area (Å²) in [7, 11) is 1.63. The van der Waals surface area contributed by atoms with Crippen LogP contribution in [0.2, 0.25) is 5.02 Å². The first-order valence-corrected chi connectivity index (χ1v) is 12.2. The first kappa shape index (κ1) is 24.7. The lowest BCUT2D eigenvalue weighted by Gasteiger charge is -2.37. The van der Waals surface area contributed by atoms with E-state index in [1.807, 2.05) is 72.5 Å². The molecular formula is C28H31ClN2O4. The Hall–Kier alpha value is -3.38. The lowest BCUT2D eigenvalue weighted by molar-refractivity contribution is 0.0746. The van der Waals surface area contributed by atoms with E-state index in [9.17, 15) is 4.79 Å². The van der Waals surface area contributed by atoms with Gasteiger partial charge in [-0.3, -0.25) is 4.79 Å². The molecule has 0 aliphatic carbocycles. The Morgan fingerprint density at radius 1 is 0.914 bits per heavy atom. The van der Waals surface area contributed by atoms with Gasteiger partial charge in [-0.25, -0.2) is 0 Å². The molecule has 0 N–H and O–H groups in total. The number of aryl methyl sites for hydroxylation is 1. The van der Waals surface area contributed by atoms with Crippen molar-refractivity contribution < 1.29 is 19.0 Å². The molecule has 1 aliphatic heterocycles. The van der Waals surface area contributed by atoms with Crippen LogP contribution in [0.5, 0.6) is 17.2 Å². The van der Waals surface area contributed by atoms with E-state index >= 15 is 0 Å². The number of carbonyl (C=O) groups excluding carboxylic acids is 1. The van der Waals surface area contributed by atoms with E-state index in [2.05, 4.69) is 11.8 Å². The Labute approximate surface area is 212 Å². The van der Waals surface area contributed by atoms with Gasteiger partial charge < -0.3 is 24.0 Å². The molecule has 184 valence electrons. The van der Waals surface area contributed by atoms with Crippen molar-refractivity contribution in [3.05, 3.63) is 82.4 Å². The largest absolute Gasteiger partial charge is 0.497 e. The lowest BCUT2D eigenvalue weighted by Crippen LogP contribution is -2.49. The number of carbonyl (C=O) groups is 1. The molecule has 1 saturated heterocycles. The number of piperazine rings is 1.